The van der Waals surface area contributed by atoms with Gasteiger partial charge in [0, 0.05) is 34.5 Å². The molecule has 1 fully saturated rings. The molecule has 6 nitrogen and oxygen atoms in total. The maximum absolute atomic E-state index is 12.3. The number of hydrogen-bond acceptors (Lipinski definition) is 5. The van der Waals surface area contributed by atoms with Crippen molar-refractivity contribution in [2.75, 3.05) is 11.4 Å². The fourth-order valence-electron chi connectivity index (χ4n) is 2.33. The van der Waals surface area contributed by atoms with Crippen molar-refractivity contribution < 1.29 is 9.63 Å². The number of nitrogens with zero attached hydrogens (tertiary/aromatic N) is 4. The first kappa shape index (κ1) is 16.7. The van der Waals surface area contributed by atoms with Crippen molar-refractivity contribution in [3.8, 4) is 0 Å². The topological polar surface area (TPSA) is 67.7 Å². The van der Waals surface area contributed by atoms with E-state index < -0.39 is 0 Å². The summed E-state index contributed by atoms with van der Waals surface area (Å²) in [6.45, 7) is 0.765. The van der Waals surface area contributed by atoms with Gasteiger partial charge in [0.2, 0.25) is 11.9 Å². The zero-order valence-corrected chi connectivity index (χ0v) is 14.1. The van der Waals surface area contributed by atoms with Crippen molar-refractivity contribution in [1.82, 2.24) is 9.97 Å². The van der Waals surface area contributed by atoms with Gasteiger partial charge in [-0.1, -0.05) is 34.4 Å². The number of aromatic nitrogens is 2. The third-order valence-corrected chi connectivity index (χ3v) is 4.18. The Morgan fingerprint density at radius 1 is 1.33 bits per heavy atom. The van der Waals surface area contributed by atoms with E-state index in [0.717, 1.165) is 5.56 Å². The largest absolute Gasteiger partial charge is 0.391 e. The second-order valence-corrected chi connectivity index (χ2v) is 6.04. The summed E-state index contributed by atoms with van der Waals surface area (Å²) in [6.07, 6.45) is 5.37. The number of amides is 1. The van der Waals surface area contributed by atoms with Gasteiger partial charge in [-0.25, -0.2) is 9.97 Å². The lowest BCUT2D eigenvalue weighted by atomic mass is 10.1. The number of halogens is 2. The normalized spacial score (nSPS) is 17.7. The minimum absolute atomic E-state index is 0.0851. The van der Waals surface area contributed by atoms with Crippen LogP contribution in [0, 0.1) is 5.92 Å². The Labute approximate surface area is 149 Å². The van der Waals surface area contributed by atoms with E-state index in [1.54, 1.807) is 41.6 Å². The second kappa shape index (κ2) is 7.59. The molecule has 1 aromatic heterocycles. The first-order chi connectivity index (χ1) is 11.6. The van der Waals surface area contributed by atoms with E-state index in [-0.39, 0.29) is 18.4 Å². The van der Waals surface area contributed by atoms with Gasteiger partial charge in [0.15, 0.2) is 0 Å². The van der Waals surface area contributed by atoms with E-state index in [0.29, 0.717) is 29.0 Å². The molecule has 1 aliphatic heterocycles. The predicted molar refractivity (Wildman–Crippen MR) is 92.2 cm³/mol. The molecule has 24 heavy (non-hydrogen) atoms. The summed E-state index contributed by atoms with van der Waals surface area (Å²) in [5.74, 6) is -0.0140. The average molecular weight is 365 g/mol. The molecule has 8 heteroatoms. The van der Waals surface area contributed by atoms with Crippen LogP contribution in [0.4, 0.5) is 5.95 Å². The molecule has 0 N–H and O–H groups in total. The first-order valence-corrected chi connectivity index (χ1v) is 8.08. The number of carbonyl (C=O) groups is 1. The molecule has 0 aliphatic carbocycles. The smallest absolute Gasteiger partial charge is 0.238 e. The fourth-order valence-corrected chi connectivity index (χ4v) is 2.79. The van der Waals surface area contributed by atoms with Crippen molar-refractivity contribution in [1.29, 1.82) is 0 Å². The summed E-state index contributed by atoms with van der Waals surface area (Å²) in [5.41, 5.74) is 0.773. The van der Waals surface area contributed by atoms with Gasteiger partial charge in [0.05, 0.1) is 12.1 Å². The van der Waals surface area contributed by atoms with Crippen molar-refractivity contribution in [2.45, 2.75) is 13.0 Å². The maximum atomic E-state index is 12.3. The molecule has 0 spiro atoms. The lowest BCUT2D eigenvalue weighted by Crippen LogP contribution is -2.29. The predicted octanol–water partition coefficient (Wildman–Crippen LogP) is 3.34. The molecule has 124 valence electrons. The Hall–Kier alpha value is -2.18. The third kappa shape index (κ3) is 3.83. The van der Waals surface area contributed by atoms with Crippen molar-refractivity contribution in [3.05, 3.63) is 52.3 Å². The quantitative estimate of drug-likeness (QED) is 0.602. The van der Waals surface area contributed by atoms with Crippen LogP contribution in [-0.4, -0.2) is 28.6 Å². The number of hydrogen-bond donors (Lipinski definition) is 0. The van der Waals surface area contributed by atoms with Gasteiger partial charge in [0.25, 0.3) is 0 Å². The van der Waals surface area contributed by atoms with Gasteiger partial charge >= 0.3 is 0 Å². The molecule has 1 amide bonds. The van der Waals surface area contributed by atoms with E-state index in [2.05, 4.69) is 15.1 Å². The highest BCUT2D eigenvalue weighted by molar-refractivity contribution is 6.35. The van der Waals surface area contributed by atoms with E-state index in [1.807, 2.05) is 0 Å². The molecule has 1 atom stereocenters. The van der Waals surface area contributed by atoms with Crippen molar-refractivity contribution in [3.63, 3.8) is 0 Å². The first-order valence-electron chi connectivity index (χ1n) is 7.33. The Morgan fingerprint density at radius 3 is 2.88 bits per heavy atom. The number of benzene rings is 1. The number of rotatable bonds is 5. The highest BCUT2D eigenvalue weighted by atomic mass is 35.5. The van der Waals surface area contributed by atoms with Crippen LogP contribution in [0.2, 0.25) is 10.0 Å². The van der Waals surface area contributed by atoms with Gasteiger partial charge in [0.1, 0.15) is 6.61 Å². The average Bonchev–Trinajstić information content (AvgIpc) is 2.95. The molecular formula is C16H14Cl2N4O2. The Balaban J connectivity index is 1.55. The molecule has 0 saturated carbocycles. The molecule has 2 aromatic rings. The van der Waals surface area contributed by atoms with Crippen LogP contribution in [0.3, 0.4) is 0 Å². The fraction of sp³-hybridized carbons (Fsp3) is 0.250. The van der Waals surface area contributed by atoms with E-state index in [4.69, 9.17) is 28.0 Å². The van der Waals surface area contributed by atoms with Crippen molar-refractivity contribution >= 4 is 41.3 Å². The standard InChI is InChI=1S/C16H14Cl2N4O2/c17-13-3-2-12(14(18)8-13)10-24-21-9-11-4-7-22(15(11)23)16-19-5-1-6-20-16/h1-3,5-6,8-9,11H,4,7,10H2/b21-9+. The van der Waals surface area contributed by atoms with Crippen LogP contribution in [0.15, 0.2) is 41.8 Å². The minimum Gasteiger partial charge on any atom is -0.391 e. The van der Waals surface area contributed by atoms with Crippen LogP contribution in [-0.2, 0) is 16.2 Å². The third-order valence-electron chi connectivity index (χ3n) is 3.59. The van der Waals surface area contributed by atoms with Crippen LogP contribution in [0.1, 0.15) is 12.0 Å². The van der Waals surface area contributed by atoms with Crippen molar-refractivity contribution in [2.24, 2.45) is 11.1 Å². The van der Waals surface area contributed by atoms with Crippen LogP contribution < -0.4 is 4.90 Å². The summed E-state index contributed by atoms with van der Waals surface area (Å²) in [5, 5.41) is 4.96. The zero-order chi connectivity index (χ0) is 16.9. The highest BCUT2D eigenvalue weighted by Gasteiger charge is 2.32. The molecular weight excluding hydrogens is 351 g/mol. The molecule has 1 saturated heterocycles. The summed E-state index contributed by atoms with van der Waals surface area (Å²) in [4.78, 5) is 27.3. The van der Waals surface area contributed by atoms with E-state index in [9.17, 15) is 4.79 Å². The molecule has 1 aliphatic rings. The van der Waals surface area contributed by atoms with Gasteiger partial charge in [-0.05, 0) is 24.6 Å². The maximum Gasteiger partial charge on any atom is 0.238 e. The molecule has 0 radical (unpaired) electrons. The van der Waals surface area contributed by atoms with Crippen LogP contribution in [0.5, 0.6) is 0 Å². The lowest BCUT2D eigenvalue weighted by molar-refractivity contribution is -0.118. The highest BCUT2D eigenvalue weighted by Crippen LogP contribution is 2.22. The molecule has 3 rings (SSSR count). The minimum atomic E-state index is -0.338. The molecule has 1 aromatic carbocycles. The van der Waals surface area contributed by atoms with Gasteiger partial charge in [-0.3, -0.25) is 9.69 Å². The molecule has 2 heterocycles. The van der Waals surface area contributed by atoms with E-state index >= 15 is 0 Å². The number of oxime groups is 1. The monoisotopic (exact) mass is 364 g/mol. The Kier molecular flexibility index (Phi) is 5.27. The SMILES string of the molecule is O=C1C(/C=N/OCc2ccc(Cl)cc2Cl)CCN1c1ncccn1. The summed E-state index contributed by atoms with van der Waals surface area (Å²) in [7, 11) is 0. The van der Waals surface area contributed by atoms with Gasteiger partial charge < -0.3 is 4.84 Å². The number of carbonyl (C=O) groups excluding carboxylic acids is 1. The van der Waals surface area contributed by atoms with Gasteiger partial charge in [-0.15, -0.1) is 0 Å². The zero-order valence-electron chi connectivity index (χ0n) is 12.6. The van der Waals surface area contributed by atoms with Crippen LogP contribution >= 0.6 is 23.2 Å². The lowest BCUT2D eigenvalue weighted by Gasteiger charge is -2.12. The Morgan fingerprint density at radius 2 is 2.12 bits per heavy atom. The second-order valence-electron chi connectivity index (χ2n) is 5.20. The molecule has 1 unspecified atom stereocenters. The number of anilines is 1. The summed E-state index contributed by atoms with van der Waals surface area (Å²) < 4.78 is 0. The Bertz CT molecular complexity index is 755. The summed E-state index contributed by atoms with van der Waals surface area (Å²) >= 11 is 11.9. The summed E-state index contributed by atoms with van der Waals surface area (Å²) in [6, 6.07) is 6.85. The van der Waals surface area contributed by atoms with Gasteiger partial charge in [-0.2, -0.15) is 0 Å². The van der Waals surface area contributed by atoms with Crippen LogP contribution in [0.25, 0.3) is 0 Å². The van der Waals surface area contributed by atoms with E-state index in [1.165, 1.54) is 6.21 Å². The molecule has 0 bridgehead atoms.